The van der Waals surface area contributed by atoms with E-state index in [1.807, 2.05) is 20.8 Å². The van der Waals surface area contributed by atoms with Crippen molar-refractivity contribution in [1.29, 1.82) is 0 Å². The van der Waals surface area contributed by atoms with Crippen molar-refractivity contribution < 1.29 is 18.1 Å². The Morgan fingerprint density at radius 2 is 1.42 bits per heavy atom. The summed E-state index contributed by atoms with van der Waals surface area (Å²) >= 11 is 0. The van der Waals surface area contributed by atoms with E-state index >= 15 is 0 Å². The van der Waals surface area contributed by atoms with Crippen LogP contribution >= 0.6 is 0 Å². The van der Waals surface area contributed by atoms with E-state index in [1.54, 1.807) is 0 Å². The first-order chi connectivity index (χ1) is 9.14. The monoisotopic (exact) mass is 288 g/mol. The van der Waals surface area contributed by atoms with Gasteiger partial charge in [0, 0.05) is 32.3 Å². The molecule has 0 spiro atoms. The van der Waals surface area contributed by atoms with E-state index in [-0.39, 0.29) is 5.78 Å². The van der Waals surface area contributed by atoms with Crippen LogP contribution in [0.15, 0.2) is 12.7 Å². The van der Waals surface area contributed by atoms with Gasteiger partial charge in [0.25, 0.3) is 0 Å². The molecule has 0 fully saturated rings. The van der Waals surface area contributed by atoms with E-state index in [1.165, 1.54) is 6.08 Å². The minimum Gasteiger partial charge on any atom is -0.373 e. The summed E-state index contributed by atoms with van der Waals surface area (Å²) in [5, 5.41) is 0. The average molecular weight is 288 g/mol. The van der Waals surface area contributed by atoms with Crippen LogP contribution in [-0.4, -0.2) is 34.4 Å². The smallest absolute Gasteiger partial charge is 0.373 e. The van der Waals surface area contributed by atoms with Gasteiger partial charge in [0.15, 0.2) is 5.78 Å². The summed E-state index contributed by atoms with van der Waals surface area (Å²) in [5.74, 6) is 0.0113. The Morgan fingerprint density at radius 1 is 1.00 bits per heavy atom. The van der Waals surface area contributed by atoms with Gasteiger partial charge in [-0.3, -0.25) is 4.79 Å². The quantitative estimate of drug-likeness (QED) is 0.385. The lowest BCUT2D eigenvalue weighted by Gasteiger charge is -2.29. The average Bonchev–Trinajstić information content (AvgIpc) is 2.45. The van der Waals surface area contributed by atoms with Gasteiger partial charge in [0.05, 0.1) is 0 Å². The molecule has 0 aliphatic carbocycles. The van der Waals surface area contributed by atoms with E-state index in [0.29, 0.717) is 32.3 Å². The Hall–Kier alpha value is -0.493. The molecule has 0 aliphatic rings. The van der Waals surface area contributed by atoms with Crippen LogP contribution in [0, 0.1) is 0 Å². The predicted octanol–water partition coefficient (Wildman–Crippen LogP) is 3.35. The molecule has 0 aliphatic heterocycles. The fourth-order valence-electron chi connectivity index (χ4n) is 1.49. The zero-order valence-electron chi connectivity index (χ0n) is 12.6. The van der Waals surface area contributed by atoms with Crippen molar-refractivity contribution >= 4 is 14.6 Å². The molecule has 0 aromatic carbocycles. The van der Waals surface area contributed by atoms with Crippen LogP contribution < -0.4 is 0 Å². The van der Waals surface area contributed by atoms with Gasteiger partial charge in [0.1, 0.15) is 0 Å². The van der Waals surface area contributed by atoms with Crippen LogP contribution in [0.4, 0.5) is 0 Å². The summed E-state index contributed by atoms with van der Waals surface area (Å²) in [6.45, 7) is 11.5. The normalized spacial score (nSPS) is 11.5. The van der Waals surface area contributed by atoms with Gasteiger partial charge >= 0.3 is 8.80 Å². The topological polar surface area (TPSA) is 44.8 Å². The molecule has 5 heteroatoms. The molecule has 0 saturated heterocycles. The van der Waals surface area contributed by atoms with E-state index in [9.17, 15) is 4.79 Å². The number of ketones is 1. The minimum atomic E-state index is -2.71. The Morgan fingerprint density at radius 3 is 1.74 bits per heavy atom. The predicted molar refractivity (Wildman–Crippen MR) is 79.1 cm³/mol. The number of hydrogen-bond donors (Lipinski definition) is 0. The molecule has 0 unspecified atom stereocenters. The Bertz CT molecular complexity index is 234. The lowest BCUT2D eigenvalue weighted by atomic mass is 10.3. The van der Waals surface area contributed by atoms with Crippen LogP contribution in [0.2, 0.25) is 6.04 Å². The number of rotatable bonds is 13. The molecule has 0 heterocycles. The van der Waals surface area contributed by atoms with Crippen LogP contribution in [0.3, 0.4) is 0 Å². The Kier molecular flexibility index (Phi) is 11.0. The first-order valence-electron chi connectivity index (χ1n) is 7.21. The molecule has 0 rings (SSSR count). The molecular weight excluding hydrogens is 260 g/mol. The lowest BCUT2D eigenvalue weighted by molar-refractivity contribution is -0.114. The summed E-state index contributed by atoms with van der Waals surface area (Å²) in [4.78, 5) is 11.4. The van der Waals surface area contributed by atoms with Crippen molar-refractivity contribution in [3.8, 4) is 0 Å². The third-order valence-corrected chi connectivity index (χ3v) is 5.28. The molecule has 0 atom stereocenters. The second-order valence-electron chi connectivity index (χ2n) is 4.40. The Labute approximate surface area is 118 Å². The van der Waals surface area contributed by atoms with E-state index in [0.717, 1.165) is 19.3 Å². The molecule has 112 valence electrons. The fraction of sp³-hybridized carbons (Fsp3) is 0.786. The summed E-state index contributed by atoms with van der Waals surface area (Å²) in [7, 11) is -2.71. The molecule has 0 amide bonds. The second kappa shape index (κ2) is 11.3. The van der Waals surface area contributed by atoms with Crippen LogP contribution in [0.25, 0.3) is 0 Å². The number of allylic oxidation sites excluding steroid dienone is 1. The largest absolute Gasteiger partial charge is 0.501 e. The van der Waals surface area contributed by atoms with Crippen molar-refractivity contribution in [2.45, 2.75) is 52.5 Å². The minimum absolute atomic E-state index is 0.0113. The van der Waals surface area contributed by atoms with Gasteiger partial charge in [-0.2, -0.15) is 0 Å². The SMILES string of the molecule is C=CC(=O)CC[Si](OCCC)(OCCC)OCCC. The summed E-state index contributed by atoms with van der Waals surface area (Å²) in [6.07, 6.45) is 4.46. The van der Waals surface area contributed by atoms with Crippen LogP contribution in [0.5, 0.6) is 0 Å². The third-order valence-electron chi connectivity index (χ3n) is 2.48. The van der Waals surface area contributed by atoms with Crippen molar-refractivity contribution in [1.82, 2.24) is 0 Å². The molecule has 0 aromatic heterocycles. The third kappa shape index (κ3) is 8.31. The van der Waals surface area contributed by atoms with Gasteiger partial charge in [-0.15, -0.1) is 0 Å². The summed E-state index contributed by atoms with van der Waals surface area (Å²) < 4.78 is 17.7. The highest BCUT2D eigenvalue weighted by Crippen LogP contribution is 2.19. The van der Waals surface area contributed by atoms with Crippen molar-refractivity contribution in [3.05, 3.63) is 12.7 Å². The zero-order chi connectivity index (χ0) is 14.6. The van der Waals surface area contributed by atoms with Crippen molar-refractivity contribution in [2.75, 3.05) is 19.8 Å². The van der Waals surface area contributed by atoms with E-state index in [4.69, 9.17) is 13.3 Å². The van der Waals surface area contributed by atoms with Gasteiger partial charge in [0.2, 0.25) is 0 Å². The second-order valence-corrected chi connectivity index (χ2v) is 7.13. The molecule has 0 N–H and O–H groups in total. The number of hydrogen-bond acceptors (Lipinski definition) is 4. The number of carbonyl (C=O) groups excluding carboxylic acids is 1. The summed E-state index contributed by atoms with van der Waals surface area (Å²) in [5.41, 5.74) is 0. The highest BCUT2D eigenvalue weighted by molar-refractivity contribution is 6.61. The van der Waals surface area contributed by atoms with E-state index in [2.05, 4.69) is 6.58 Å². The lowest BCUT2D eigenvalue weighted by Crippen LogP contribution is -2.46. The molecule has 19 heavy (non-hydrogen) atoms. The molecule has 0 aromatic rings. The Balaban J connectivity index is 4.64. The van der Waals surface area contributed by atoms with Gasteiger partial charge in [-0.05, 0) is 25.3 Å². The van der Waals surface area contributed by atoms with Crippen LogP contribution in [0.1, 0.15) is 46.5 Å². The fourth-order valence-corrected chi connectivity index (χ4v) is 4.27. The van der Waals surface area contributed by atoms with Crippen molar-refractivity contribution in [2.24, 2.45) is 0 Å². The molecule has 4 nitrogen and oxygen atoms in total. The highest BCUT2D eigenvalue weighted by atomic mass is 28.4. The molecule has 0 radical (unpaired) electrons. The highest BCUT2D eigenvalue weighted by Gasteiger charge is 2.40. The maximum atomic E-state index is 11.4. The van der Waals surface area contributed by atoms with Gasteiger partial charge < -0.3 is 13.3 Å². The molecule has 0 saturated carbocycles. The first-order valence-corrected chi connectivity index (χ1v) is 9.14. The van der Waals surface area contributed by atoms with E-state index < -0.39 is 8.80 Å². The maximum Gasteiger partial charge on any atom is 0.501 e. The van der Waals surface area contributed by atoms with Gasteiger partial charge in [-0.25, -0.2) is 0 Å². The van der Waals surface area contributed by atoms with Crippen LogP contribution in [-0.2, 0) is 18.1 Å². The standard InChI is InChI=1S/C14H28O4Si/c1-5-10-16-19(17-11-6-2,18-12-7-3)13-9-14(15)8-4/h8H,4-7,9-13H2,1-3H3. The first kappa shape index (κ1) is 18.5. The maximum absolute atomic E-state index is 11.4. The molecule has 0 bridgehead atoms. The van der Waals surface area contributed by atoms with Crippen molar-refractivity contribution in [3.63, 3.8) is 0 Å². The van der Waals surface area contributed by atoms with Gasteiger partial charge in [-0.1, -0.05) is 27.4 Å². The zero-order valence-corrected chi connectivity index (χ0v) is 13.6. The number of carbonyl (C=O) groups is 1. The summed E-state index contributed by atoms with van der Waals surface area (Å²) in [6, 6.07) is 0.540. The molecular formula is C14H28O4Si.